The van der Waals surface area contributed by atoms with E-state index in [-0.39, 0.29) is 7.69 Å². The molecule has 2 aromatic carbocycles. The molecule has 0 aliphatic carbocycles. The van der Waals surface area contributed by atoms with Gasteiger partial charge in [-0.2, -0.15) is 0 Å². The molecule has 3 rings (SSSR count). The fourth-order valence-corrected chi connectivity index (χ4v) is 1.75. The highest BCUT2D eigenvalue weighted by molar-refractivity contribution is 6.13. The van der Waals surface area contributed by atoms with Crippen LogP contribution in [0.2, 0.25) is 0 Å². The van der Waals surface area contributed by atoms with Gasteiger partial charge >= 0.3 is 7.69 Å². The van der Waals surface area contributed by atoms with Crippen molar-refractivity contribution < 1.29 is 10.0 Å². The van der Waals surface area contributed by atoms with Crippen LogP contribution in [0.3, 0.4) is 0 Å². The molecule has 1 heterocycles. The van der Waals surface area contributed by atoms with Crippen molar-refractivity contribution in [2.45, 2.75) is 0 Å². The summed E-state index contributed by atoms with van der Waals surface area (Å²) in [5.74, 6) is 1.40. The van der Waals surface area contributed by atoms with Gasteiger partial charge in [0.1, 0.15) is 6.33 Å². The average molecular weight is 278 g/mol. The molecule has 0 bridgehead atoms. The summed E-state index contributed by atoms with van der Waals surface area (Å²) in [5, 5.41) is 14.0. The highest BCUT2D eigenvalue weighted by Gasteiger charge is 2.04. The third-order valence-electron chi connectivity index (χ3n) is 2.64. The molecule has 0 atom stereocenters. The van der Waals surface area contributed by atoms with Crippen LogP contribution in [0, 0.1) is 0 Å². The second-order valence-electron chi connectivity index (χ2n) is 3.98. The lowest BCUT2D eigenvalue weighted by atomic mass is 10.2. The van der Waals surface area contributed by atoms with Crippen LogP contribution in [0.5, 0.6) is 0 Å². The Morgan fingerprint density at radius 2 is 1.05 bits per heavy atom. The second kappa shape index (κ2) is 7.89. The Balaban J connectivity index is 0.000000497. The molecule has 0 amide bonds. The van der Waals surface area contributed by atoms with Gasteiger partial charge in [0.15, 0.2) is 11.6 Å². The molecule has 6 heteroatoms. The van der Waals surface area contributed by atoms with Crippen LogP contribution in [0.15, 0.2) is 67.0 Å². The Labute approximate surface area is 123 Å². The zero-order valence-corrected chi connectivity index (χ0v) is 11.2. The standard InChI is InChI=1S/C15H11N3.BH2O2/c1-3-7-12(8-4-1)14-16-11-17-15(18-14)13-9-5-2-6-10-13;2-1-3/h1-11H;2-3H. The molecular weight excluding hydrogens is 265 g/mol. The molecule has 21 heavy (non-hydrogen) atoms. The summed E-state index contributed by atoms with van der Waals surface area (Å²) in [5.41, 5.74) is 1.99. The number of benzene rings is 2. The number of hydrogen-bond acceptors (Lipinski definition) is 5. The molecule has 0 aliphatic heterocycles. The maximum Gasteiger partial charge on any atom is 0.482 e. The summed E-state index contributed by atoms with van der Waals surface area (Å²) in [6.07, 6.45) is 1.55. The van der Waals surface area contributed by atoms with E-state index in [4.69, 9.17) is 10.0 Å². The number of hydrogen-bond donors (Lipinski definition) is 2. The summed E-state index contributed by atoms with van der Waals surface area (Å²) in [7, 11) is 0. The van der Waals surface area contributed by atoms with Gasteiger partial charge in [0.25, 0.3) is 0 Å². The van der Waals surface area contributed by atoms with Crippen molar-refractivity contribution in [1.82, 2.24) is 15.0 Å². The van der Waals surface area contributed by atoms with Crippen molar-refractivity contribution in [1.29, 1.82) is 0 Å². The highest BCUT2D eigenvalue weighted by atomic mass is 16.4. The molecule has 0 spiro atoms. The molecule has 0 saturated heterocycles. The summed E-state index contributed by atoms with van der Waals surface area (Å²) in [4.78, 5) is 12.9. The summed E-state index contributed by atoms with van der Waals surface area (Å²) in [6.45, 7) is 0. The highest BCUT2D eigenvalue weighted by Crippen LogP contribution is 2.18. The average Bonchev–Trinajstić information content (AvgIpc) is 2.57. The normalized spacial score (nSPS) is 9.43. The fourth-order valence-electron chi connectivity index (χ4n) is 1.75. The number of nitrogens with zero attached hydrogens (tertiary/aromatic N) is 3. The Hall–Kier alpha value is -2.57. The van der Waals surface area contributed by atoms with Gasteiger partial charge < -0.3 is 10.0 Å². The zero-order valence-electron chi connectivity index (χ0n) is 11.2. The van der Waals surface area contributed by atoms with Crippen LogP contribution in [-0.2, 0) is 0 Å². The monoisotopic (exact) mass is 278 g/mol. The van der Waals surface area contributed by atoms with E-state index in [0.717, 1.165) is 11.1 Å². The predicted octanol–water partition coefficient (Wildman–Crippen LogP) is 1.71. The van der Waals surface area contributed by atoms with Gasteiger partial charge in [0, 0.05) is 11.1 Å². The lowest BCUT2D eigenvalue weighted by Gasteiger charge is -2.02. The minimum absolute atomic E-state index is 0. The minimum Gasteiger partial charge on any atom is -0.429 e. The molecule has 5 nitrogen and oxygen atoms in total. The number of aromatic nitrogens is 3. The summed E-state index contributed by atoms with van der Waals surface area (Å²) in [6, 6.07) is 19.8. The van der Waals surface area contributed by atoms with E-state index in [1.807, 2.05) is 60.7 Å². The van der Waals surface area contributed by atoms with Gasteiger partial charge in [-0.25, -0.2) is 15.0 Å². The van der Waals surface area contributed by atoms with Crippen molar-refractivity contribution in [3.05, 3.63) is 67.0 Å². The van der Waals surface area contributed by atoms with E-state index in [0.29, 0.717) is 11.6 Å². The van der Waals surface area contributed by atoms with E-state index < -0.39 is 0 Å². The van der Waals surface area contributed by atoms with Gasteiger partial charge in [-0.05, 0) is 0 Å². The molecule has 1 radical (unpaired) electrons. The second-order valence-corrected chi connectivity index (χ2v) is 3.98. The molecule has 0 aliphatic rings. The van der Waals surface area contributed by atoms with Crippen molar-refractivity contribution in [3.63, 3.8) is 0 Å². The van der Waals surface area contributed by atoms with Crippen molar-refractivity contribution in [2.24, 2.45) is 0 Å². The minimum atomic E-state index is 0. The summed E-state index contributed by atoms with van der Waals surface area (Å²) >= 11 is 0. The first kappa shape index (κ1) is 14.8. The van der Waals surface area contributed by atoms with Crippen LogP contribution in [-0.4, -0.2) is 32.7 Å². The van der Waals surface area contributed by atoms with Gasteiger partial charge in [-0.1, -0.05) is 60.7 Å². The van der Waals surface area contributed by atoms with E-state index in [9.17, 15) is 0 Å². The van der Waals surface area contributed by atoms with Gasteiger partial charge in [0.2, 0.25) is 0 Å². The van der Waals surface area contributed by atoms with Crippen LogP contribution < -0.4 is 0 Å². The first-order chi connectivity index (χ1) is 10.3. The van der Waals surface area contributed by atoms with Crippen molar-refractivity contribution >= 4 is 7.69 Å². The van der Waals surface area contributed by atoms with Crippen LogP contribution >= 0.6 is 0 Å². The Kier molecular flexibility index (Phi) is 5.57. The smallest absolute Gasteiger partial charge is 0.429 e. The zero-order chi connectivity index (χ0) is 14.9. The fraction of sp³-hybridized carbons (Fsp3) is 0. The van der Waals surface area contributed by atoms with Gasteiger partial charge in [0.05, 0.1) is 0 Å². The lowest BCUT2D eigenvalue weighted by molar-refractivity contribution is 0.448. The maximum absolute atomic E-state index is 7.00. The van der Waals surface area contributed by atoms with E-state index in [1.54, 1.807) is 6.33 Å². The van der Waals surface area contributed by atoms with Crippen molar-refractivity contribution in [2.75, 3.05) is 0 Å². The Bertz CT molecular complexity index is 611. The molecule has 2 N–H and O–H groups in total. The molecule has 3 aromatic rings. The van der Waals surface area contributed by atoms with Crippen LogP contribution in [0.4, 0.5) is 0 Å². The van der Waals surface area contributed by atoms with Crippen molar-refractivity contribution in [3.8, 4) is 22.8 Å². The largest absolute Gasteiger partial charge is 0.482 e. The Morgan fingerprint density at radius 3 is 1.43 bits per heavy atom. The lowest BCUT2D eigenvalue weighted by Crippen LogP contribution is -1.94. The first-order valence-corrected chi connectivity index (χ1v) is 6.25. The molecular formula is C15H13BN3O2. The molecule has 103 valence electrons. The third kappa shape index (κ3) is 4.20. The van der Waals surface area contributed by atoms with E-state index in [2.05, 4.69) is 15.0 Å². The van der Waals surface area contributed by atoms with E-state index in [1.165, 1.54) is 0 Å². The van der Waals surface area contributed by atoms with Gasteiger partial charge in [-0.15, -0.1) is 0 Å². The van der Waals surface area contributed by atoms with Crippen LogP contribution in [0.1, 0.15) is 0 Å². The third-order valence-corrected chi connectivity index (χ3v) is 2.64. The first-order valence-electron chi connectivity index (χ1n) is 6.25. The Morgan fingerprint density at radius 1 is 0.667 bits per heavy atom. The molecule has 0 saturated carbocycles. The maximum atomic E-state index is 7.00. The molecule has 1 aromatic heterocycles. The number of rotatable bonds is 2. The quantitative estimate of drug-likeness (QED) is 0.698. The van der Waals surface area contributed by atoms with E-state index >= 15 is 0 Å². The summed E-state index contributed by atoms with van der Waals surface area (Å²) < 4.78 is 0. The van der Waals surface area contributed by atoms with Gasteiger partial charge in [-0.3, -0.25) is 0 Å². The predicted molar refractivity (Wildman–Crippen MR) is 80.9 cm³/mol. The van der Waals surface area contributed by atoms with Crippen LogP contribution in [0.25, 0.3) is 22.8 Å². The molecule has 0 fully saturated rings. The molecule has 0 unspecified atom stereocenters. The SMILES string of the molecule is O[B]O.c1ccc(-c2ncnc(-c3ccccc3)n2)cc1. The topological polar surface area (TPSA) is 79.1 Å².